The summed E-state index contributed by atoms with van der Waals surface area (Å²) in [7, 11) is 0. The highest BCUT2D eigenvalue weighted by atomic mass is 16.5. The van der Waals surface area contributed by atoms with Crippen LogP contribution in [0, 0.1) is 0 Å². The van der Waals surface area contributed by atoms with E-state index in [4.69, 9.17) is 4.74 Å². The number of carbonyl (C=O) groups excluding carboxylic acids is 5. The molecule has 10 nitrogen and oxygen atoms in total. The highest BCUT2D eigenvalue weighted by Gasteiger charge is 2.61. The van der Waals surface area contributed by atoms with Crippen molar-refractivity contribution >= 4 is 35.4 Å². The van der Waals surface area contributed by atoms with Crippen molar-refractivity contribution < 1.29 is 28.7 Å². The molecule has 1 aromatic rings. The number of fused-ring (bicyclic) bond motifs is 3. The predicted octanol–water partition coefficient (Wildman–Crippen LogP) is 0.764. The van der Waals surface area contributed by atoms with Crippen LogP contribution in [0.4, 0.5) is 10.5 Å². The van der Waals surface area contributed by atoms with Gasteiger partial charge in [-0.25, -0.2) is 9.59 Å². The smallest absolute Gasteiger partial charge is 0.354 e. The Morgan fingerprint density at radius 3 is 2.60 bits per heavy atom. The standard InChI is InChI=1S/C20H24N4O6/c1-3-11-21-19(29)22-15(25)12-30-18(28)20-10-9-16(26)24(20)14-8-6-5-7-13(14)17(27)23(20)4-2/h5-8H,3-4,9-12H2,1-2H3,(H2,21,22,25,29)/t20-/m1/s1. The maximum absolute atomic E-state index is 13.1. The first kappa shape index (κ1) is 21.3. The Bertz CT molecular complexity index is 901. The number of rotatable bonds is 6. The molecule has 10 heteroatoms. The summed E-state index contributed by atoms with van der Waals surface area (Å²) >= 11 is 0. The molecule has 0 radical (unpaired) electrons. The van der Waals surface area contributed by atoms with Crippen LogP contribution < -0.4 is 15.5 Å². The van der Waals surface area contributed by atoms with Gasteiger partial charge in [-0.3, -0.25) is 24.6 Å². The van der Waals surface area contributed by atoms with E-state index in [-0.39, 0.29) is 31.2 Å². The second kappa shape index (κ2) is 8.52. The number of likely N-dealkylation sites (N-methyl/N-ethyl adjacent to an activating group) is 1. The van der Waals surface area contributed by atoms with Crippen LogP contribution in [0.2, 0.25) is 0 Å². The van der Waals surface area contributed by atoms with Crippen LogP contribution >= 0.6 is 0 Å². The monoisotopic (exact) mass is 416 g/mol. The van der Waals surface area contributed by atoms with E-state index in [1.807, 2.05) is 6.92 Å². The van der Waals surface area contributed by atoms with Crippen LogP contribution in [0.15, 0.2) is 24.3 Å². The number of urea groups is 1. The van der Waals surface area contributed by atoms with Crippen LogP contribution in [-0.2, 0) is 19.1 Å². The molecular weight excluding hydrogens is 392 g/mol. The van der Waals surface area contributed by atoms with Crippen molar-refractivity contribution in [3.8, 4) is 0 Å². The highest BCUT2D eigenvalue weighted by Crippen LogP contribution is 2.44. The number of anilines is 1. The van der Waals surface area contributed by atoms with E-state index < -0.39 is 30.2 Å². The summed E-state index contributed by atoms with van der Waals surface area (Å²) in [5.74, 6) is -2.40. The van der Waals surface area contributed by atoms with Crippen molar-refractivity contribution in [3.05, 3.63) is 29.8 Å². The van der Waals surface area contributed by atoms with Crippen LogP contribution in [-0.4, -0.2) is 60.0 Å². The average Bonchev–Trinajstić information content (AvgIpc) is 3.09. The molecule has 1 aromatic carbocycles. The molecule has 3 rings (SSSR count). The fraction of sp³-hybridized carbons (Fsp3) is 0.450. The molecular formula is C20H24N4O6. The zero-order valence-corrected chi connectivity index (χ0v) is 16.9. The molecule has 0 bridgehead atoms. The third-order valence-corrected chi connectivity index (χ3v) is 5.14. The summed E-state index contributed by atoms with van der Waals surface area (Å²) in [5.41, 5.74) is -0.986. The number of amides is 5. The Hall–Kier alpha value is -3.43. The molecule has 5 amide bonds. The van der Waals surface area contributed by atoms with Crippen LogP contribution in [0.25, 0.3) is 0 Å². The number of nitrogens with zero attached hydrogens (tertiary/aromatic N) is 2. The molecule has 0 aliphatic carbocycles. The number of esters is 1. The van der Waals surface area contributed by atoms with Crippen molar-refractivity contribution in [1.29, 1.82) is 0 Å². The summed E-state index contributed by atoms with van der Waals surface area (Å²) in [6, 6.07) is 5.88. The van der Waals surface area contributed by atoms with Gasteiger partial charge >= 0.3 is 12.0 Å². The zero-order chi connectivity index (χ0) is 21.9. The normalized spacial score (nSPS) is 19.8. The maximum atomic E-state index is 13.1. The number of benzene rings is 1. The second-order valence-electron chi connectivity index (χ2n) is 6.99. The Morgan fingerprint density at radius 1 is 1.17 bits per heavy atom. The van der Waals surface area contributed by atoms with Gasteiger partial charge in [0, 0.05) is 25.9 Å². The zero-order valence-electron chi connectivity index (χ0n) is 16.9. The average molecular weight is 416 g/mol. The minimum atomic E-state index is -1.65. The molecule has 2 heterocycles. The lowest BCUT2D eigenvalue weighted by molar-refractivity contribution is -0.159. The van der Waals surface area contributed by atoms with E-state index in [1.54, 1.807) is 31.2 Å². The minimum Gasteiger partial charge on any atom is -0.452 e. The van der Waals surface area contributed by atoms with Gasteiger partial charge in [-0.2, -0.15) is 0 Å². The first-order valence-electron chi connectivity index (χ1n) is 9.85. The van der Waals surface area contributed by atoms with Crippen LogP contribution in [0.3, 0.4) is 0 Å². The van der Waals surface area contributed by atoms with Crippen molar-refractivity contribution in [3.63, 3.8) is 0 Å². The summed E-state index contributed by atoms with van der Waals surface area (Å²) in [4.78, 5) is 65.0. The van der Waals surface area contributed by atoms with Gasteiger partial charge in [0.05, 0.1) is 11.3 Å². The predicted molar refractivity (Wildman–Crippen MR) is 105 cm³/mol. The Labute approximate surface area is 173 Å². The molecule has 160 valence electrons. The second-order valence-corrected chi connectivity index (χ2v) is 6.99. The third-order valence-electron chi connectivity index (χ3n) is 5.14. The number of nitrogens with one attached hydrogen (secondary N) is 2. The quantitative estimate of drug-likeness (QED) is 0.660. The molecule has 2 aliphatic heterocycles. The first-order chi connectivity index (χ1) is 14.4. The number of imide groups is 1. The van der Waals surface area contributed by atoms with Crippen molar-refractivity contribution in [2.45, 2.75) is 38.8 Å². The Kier molecular flexibility index (Phi) is 6.04. The van der Waals surface area contributed by atoms with E-state index in [0.29, 0.717) is 24.2 Å². The van der Waals surface area contributed by atoms with Gasteiger partial charge in [0.15, 0.2) is 6.61 Å². The molecule has 2 N–H and O–H groups in total. The molecule has 1 saturated heterocycles. The fourth-order valence-corrected chi connectivity index (χ4v) is 3.86. The lowest BCUT2D eigenvalue weighted by Crippen LogP contribution is -2.68. The van der Waals surface area contributed by atoms with E-state index in [1.165, 1.54) is 9.80 Å². The molecule has 0 spiro atoms. The SMILES string of the molecule is CCCNC(=O)NC(=O)COC(=O)[C@@]12CCC(=O)N1c1ccccc1C(=O)N2CC. The van der Waals surface area contributed by atoms with Gasteiger partial charge in [-0.15, -0.1) is 0 Å². The van der Waals surface area contributed by atoms with Crippen molar-refractivity contribution in [1.82, 2.24) is 15.5 Å². The number of hydrogen-bond donors (Lipinski definition) is 2. The van der Waals surface area contributed by atoms with Gasteiger partial charge < -0.3 is 15.0 Å². The van der Waals surface area contributed by atoms with Gasteiger partial charge in [0.2, 0.25) is 11.6 Å². The first-order valence-corrected chi connectivity index (χ1v) is 9.85. The van der Waals surface area contributed by atoms with Gasteiger partial charge in [-0.1, -0.05) is 19.1 Å². The third kappa shape index (κ3) is 3.49. The molecule has 0 saturated carbocycles. The molecule has 0 aromatic heterocycles. The lowest BCUT2D eigenvalue weighted by Gasteiger charge is -2.47. The minimum absolute atomic E-state index is 0.0528. The van der Waals surface area contributed by atoms with Gasteiger partial charge in [-0.05, 0) is 25.5 Å². The van der Waals surface area contributed by atoms with Crippen molar-refractivity contribution in [2.24, 2.45) is 0 Å². The number of hydrogen-bond acceptors (Lipinski definition) is 6. The molecule has 1 atom stereocenters. The molecule has 1 fully saturated rings. The fourth-order valence-electron chi connectivity index (χ4n) is 3.86. The summed E-state index contributed by atoms with van der Waals surface area (Å²) in [6.07, 6.45) is 0.807. The molecule has 0 unspecified atom stereocenters. The van der Waals surface area contributed by atoms with E-state index in [2.05, 4.69) is 10.6 Å². The summed E-state index contributed by atoms with van der Waals surface area (Å²) < 4.78 is 5.18. The topological polar surface area (TPSA) is 125 Å². The van der Waals surface area contributed by atoms with Crippen LogP contribution in [0.1, 0.15) is 43.5 Å². The lowest BCUT2D eigenvalue weighted by atomic mass is 9.96. The van der Waals surface area contributed by atoms with Gasteiger partial charge in [0.25, 0.3) is 11.8 Å². The maximum Gasteiger partial charge on any atom is 0.354 e. The Morgan fingerprint density at radius 2 is 1.90 bits per heavy atom. The summed E-state index contributed by atoms with van der Waals surface area (Å²) in [6.45, 7) is 3.41. The Balaban J connectivity index is 1.83. The van der Waals surface area contributed by atoms with E-state index in [9.17, 15) is 24.0 Å². The van der Waals surface area contributed by atoms with Crippen LogP contribution in [0.5, 0.6) is 0 Å². The van der Waals surface area contributed by atoms with E-state index in [0.717, 1.165) is 0 Å². The molecule has 2 aliphatic rings. The number of carbonyl (C=O) groups is 5. The summed E-state index contributed by atoms with van der Waals surface area (Å²) in [5, 5.41) is 4.53. The number of para-hydroxylation sites is 1. The largest absolute Gasteiger partial charge is 0.452 e. The highest BCUT2D eigenvalue weighted by molar-refractivity contribution is 6.15. The number of ether oxygens (including phenoxy) is 1. The molecule has 30 heavy (non-hydrogen) atoms. The van der Waals surface area contributed by atoms with Crippen molar-refractivity contribution in [2.75, 3.05) is 24.6 Å². The van der Waals surface area contributed by atoms with Gasteiger partial charge in [0.1, 0.15) is 0 Å². The van der Waals surface area contributed by atoms with E-state index >= 15 is 0 Å².